The first-order chi connectivity index (χ1) is 6.15. The molecule has 0 fully saturated rings. The molecule has 1 rings (SSSR count). The normalized spacial score (nSPS) is 11.7. The summed E-state index contributed by atoms with van der Waals surface area (Å²) in [6.07, 6.45) is 5.24. The Morgan fingerprint density at radius 3 is 2.38 bits per heavy atom. The monoisotopic (exact) mass is 174 g/mol. The minimum absolute atomic E-state index is 0.0304. The van der Waals surface area contributed by atoms with Crippen molar-refractivity contribution < 1.29 is 9.90 Å². The molecule has 0 amide bonds. The fourth-order valence-corrected chi connectivity index (χ4v) is 1.01. The Morgan fingerprint density at radius 2 is 2.00 bits per heavy atom. The van der Waals surface area contributed by atoms with Crippen LogP contribution in [0.25, 0.3) is 0 Å². The van der Waals surface area contributed by atoms with Gasteiger partial charge in [-0.3, -0.25) is 0 Å². The van der Waals surface area contributed by atoms with Crippen LogP contribution in [0.2, 0.25) is 0 Å². The fourth-order valence-electron chi connectivity index (χ4n) is 1.01. The molecule has 0 heterocycles. The number of rotatable bonds is 2. The number of carboxylic acids is 1. The van der Waals surface area contributed by atoms with Gasteiger partial charge in [0.1, 0.15) is 0 Å². The molecule has 0 aliphatic heterocycles. The van der Waals surface area contributed by atoms with Gasteiger partial charge in [-0.15, -0.1) is 6.42 Å². The number of hydrogen-bond acceptors (Lipinski definition) is 1. The van der Waals surface area contributed by atoms with Gasteiger partial charge < -0.3 is 5.11 Å². The molecule has 0 aliphatic carbocycles. The Kier molecular flexibility index (Phi) is 2.71. The number of carbonyl (C=O) groups is 1. The third kappa shape index (κ3) is 2.09. The Morgan fingerprint density at radius 1 is 1.46 bits per heavy atom. The van der Waals surface area contributed by atoms with Crippen molar-refractivity contribution in [1.82, 2.24) is 0 Å². The lowest BCUT2D eigenvalue weighted by atomic mass is 10.0. The van der Waals surface area contributed by atoms with Crippen LogP contribution in [0.1, 0.15) is 28.8 Å². The Hall–Kier alpha value is -1.75. The summed E-state index contributed by atoms with van der Waals surface area (Å²) in [5, 5.41) is 8.63. The van der Waals surface area contributed by atoms with E-state index >= 15 is 0 Å². The van der Waals surface area contributed by atoms with Crippen molar-refractivity contribution in [1.29, 1.82) is 0 Å². The highest BCUT2D eigenvalue weighted by atomic mass is 16.4. The van der Waals surface area contributed by atoms with Crippen LogP contribution in [0.4, 0.5) is 0 Å². The lowest BCUT2D eigenvalue weighted by Crippen LogP contribution is -1.97. The third-order valence-electron chi connectivity index (χ3n) is 1.91. The number of hydrogen-bond donors (Lipinski definition) is 1. The van der Waals surface area contributed by atoms with Crippen molar-refractivity contribution in [2.45, 2.75) is 12.8 Å². The van der Waals surface area contributed by atoms with Gasteiger partial charge in [0.15, 0.2) is 0 Å². The van der Waals surface area contributed by atoms with Crippen molar-refractivity contribution in [3.63, 3.8) is 0 Å². The molecule has 2 nitrogen and oxygen atoms in total. The molecule has 0 bridgehead atoms. The molecule has 0 saturated carbocycles. The third-order valence-corrected chi connectivity index (χ3v) is 1.91. The first kappa shape index (κ1) is 9.34. The molecular formula is C11H10O2. The maximum Gasteiger partial charge on any atom is 0.335 e. The maximum absolute atomic E-state index is 10.5. The molecule has 13 heavy (non-hydrogen) atoms. The van der Waals surface area contributed by atoms with E-state index in [1.807, 2.05) is 6.92 Å². The van der Waals surface area contributed by atoms with Crippen molar-refractivity contribution in [2.75, 3.05) is 0 Å². The number of terminal acetylenes is 1. The van der Waals surface area contributed by atoms with Gasteiger partial charge in [-0.05, 0) is 24.6 Å². The van der Waals surface area contributed by atoms with Gasteiger partial charge in [-0.1, -0.05) is 18.1 Å². The molecule has 0 radical (unpaired) electrons. The van der Waals surface area contributed by atoms with Crippen molar-refractivity contribution >= 4 is 5.97 Å². The molecule has 1 N–H and O–H groups in total. The van der Waals surface area contributed by atoms with Crippen LogP contribution in [-0.2, 0) is 0 Å². The highest BCUT2D eigenvalue weighted by Crippen LogP contribution is 2.14. The van der Waals surface area contributed by atoms with E-state index in [1.165, 1.54) is 0 Å². The minimum Gasteiger partial charge on any atom is -0.478 e. The van der Waals surface area contributed by atoms with Crippen LogP contribution in [0.5, 0.6) is 0 Å². The predicted octanol–water partition coefficient (Wildman–Crippen LogP) is 2.12. The van der Waals surface area contributed by atoms with Gasteiger partial charge in [0.25, 0.3) is 0 Å². The van der Waals surface area contributed by atoms with Crippen LogP contribution in [0.3, 0.4) is 0 Å². The summed E-state index contributed by atoms with van der Waals surface area (Å²) in [4.78, 5) is 10.5. The van der Waals surface area contributed by atoms with E-state index in [-0.39, 0.29) is 11.5 Å². The summed E-state index contributed by atoms with van der Waals surface area (Å²) in [5.74, 6) is 1.70. The largest absolute Gasteiger partial charge is 0.478 e. The standard InChI is InChI=1S/C11H10O2/c1-3-8(2)9-4-6-10(7-5-9)11(12)13/h1,4-8H,2H3,(H,12,13). The van der Waals surface area contributed by atoms with E-state index in [0.717, 1.165) is 5.56 Å². The van der Waals surface area contributed by atoms with Gasteiger partial charge in [0.05, 0.1) is 5.56 Å². The van der Waals surface area contributed by atoms with E-state index in [2.05, 4.69) is 5.92 Å². The summed E-state index contributed by atoms with van der Waals surface area (Å²) in [5.41, 5.74) is 1.25. The van der Waals surface area contributed by atoms with Crippen molar-refractivity contribution in [3.8, 4) is 12.3 Å². The van der Waals surface area contributed by atoms with Crippen molar-refractivity contribution in [3.05, 3.63) is 35.4 Å². The number of aromatic carboxylic acids is 1. The zero-order valence-electron chi connectivity index (χ0n) is 7.32. The molecule has 1 atom stereocenters. The molecule has 1 unspecified atom stereocenters. The van der Waals surface area contributed by atoms with E-state index in [0.29, 0.717) is 0 Å². The SMILES string of the molecule is C#CC(C)c1ccc(C(=O)O)cc1. The lowest BCUT2D eigenvalue weighted by Gasteiger charge is -2.03. The molecule has 0 spiro atoms. The number of carboxylic acid groups (broad SMARTS) is 1. The molecule has 0 saturated heterocycles. The summed E-state index contributed by atoms with van der Waals surface area (Å²) in [7, 11) is 0. The van der Waals surface area contributed by atoms with Crippen LogP contribution in [0, 0.1) is 12.3 Å². The highest BCUT2D eigenvalue weighted by Gasteiger charge is 2.04. The Balaban J connectivity index is 2.95. The second-order valence-electron chi connectivity index (χ2n) is 2.82. The van der Waals surface area contributed by atoms with Crippen LogP contribution in [0.15, 0.2) is 24.3 Å². The highest BCUT2D eigenvalue weighted by molar-refractivity contribution is 5.87. The van der Waals surface area contributed by atoms with Gasteiger partial charge in [0.2, 0.25) is 0 Å². The topological polar surface area (TPSA) is 37.3 Å². The van der Waals surface area contributed by atoms with Crippen LogP contribution >= 0.6 is 0 Å². The number of benzene rings is 1. The molecule has 1 aromatic rings. The second kappa shape index (κ2) is 3.77. The van der Waals surface area contributed by atoms with E-state index in [9.17, 15) is 4.79 Å². The van der Waals surface area contributed by atoms with E-state index in [4.69, 9.17) is 11.5 Å². The first-order valence-electron chi connectivity index (χ1n) is 3.94. The summed E-state index contributed by atoms with van der Waals surface area (Å²) in [6.45, 7) is 1.90. The molecular weight excluding hydrogens is 164 g/mol. The summed E-state index contributed by atoms with van der Waals surface area (Å²) in [6, 6.07) is 6.61. The minimum atomic E-state index is -0.917. The fraction of sp³-hybridized carbons (Fsp3) is 0.182. The predicted molar refractivity (Wildman–Crippen MR) is 50.6 cm³/mol. The Labute approximate surface area is 77.2 Å². The molecule has 0 aromatic heterocycles. The average molecular weight is 174 g/mol. The molecule has 66 valence electrons. The lowest BCUT2D eigenvalue weighted by molar-refractivity contribution is 0.0697. The smallest absolute Gasteiger partial charge is 0.335 e. The average Bonchev–Trinajstić information content (AvgIpc) is 2.17. The van der Waals surface area contributed by atoms with Crippen LogP contribution in [-0.4, -0.2) is 11.1 Å². The van der Waals surface area contributed by atoms with Crippen molar-refractivity contribution in [2.24, 2.45) is 0 Å². The van der Waals surface area contributed by atoms with E-state index < -0.39 is 5.97 Å². The van der Waals surface area contributed by atoms with Gasteiger partial charge in [-0.25, -0.2) is 4.79 Å². The summed E-state index contributed by atoms with van der Waals surface area (Å²) < 4.78 is 0. The summed E-state index contributed by atoms with van der Waals surface area (Å²) >= 11 is 0. The zero-order valence-corrected chi connectivity index (χ0v) is 7.32. The maximum atomic E-state index is 10.5. The molecule has 0 aliphatic rings. The van der Waals surface area contributed by atoms with Gasteiger partial charge in [0, 0.05) is 5.92 Å². The first-order valence-corrected chi connectivity index (χ1v) is 3.94. The second-order valence-corrected chi connectivity index (χ2v) is 2.82. The van der Waals surface area contributed by atoms with E-state index in [1.54, 1.807) is 24.3 Å². The Bertz CT molecular complexity index is 343. The quantitative estimate of drug-likeness (QED) is 0.697. The molecule has 2 heteroatoms. The van der Waals surface area contributed by atoms with Gasteiger partial charge >= 0.3 is 5.97 Å². The van der Waals surface area contributed by atoms with Gasteiger partial charge in [-0.2, -0.15) is 0 Å². The molecule has 1 aromatic carbocycles. The van der Waals surface area contributed by atoms with Crippen LogP contribution < -0.4 is 0 Å². The zero-order chi connectivity index (χ0) is 9.84.